The van der Waals surface area contributed by atoms with Crippen LogP contribution in [-0.2, 0) is 0 Å². The number of thiophene rings is 1. The molecule has 0 saturated heterocycles. The third-order valence-corrected chi connectivity index (χ3v) is 14.8. The molecule has 0 aliphatic carbocycles. The standard InChI is InChI=1S/C62H38N2OS/c1-2-18-44-41(15-1)38-57(48-20-4-3-19-47(44)48)64(43-17-13-16-40(37-43)45-25-14-26-52-51-23-7-11-29-58(51)65-61(45)52)56-36-35-46(62-60(56)53-24-8-12-30-59(53)66-62)39-31-33-42(34-32-39)63-54-27-9-5-21-49(54)50-22-6-10-28-55(50)63/h1-38H. The largest absolute Gasteiger partial charge is 0.455 e. The molecule has 0 unspecified atom stereocenters. The fourth-order valence-corrected chi connectivity index (χ4v) is 11.9. The van der Waals surface area contributed by atoms with E-state index >= 15 is 0 Å². The molecule has 0 amide bonds. The van der Waals surface area contributed by atoms with Gasteiger partial charge in [0.2, 0.25) is 0 Å². The topological polar surface area (TPSA) is 21.3 Å². The van der Waals surface area contributed by atoms with Crippen molar-refractivity contribution >= 4 is 114 Å². The Balaban J connectivity index is 1.00. The van der Waals surface area contributed by atoms with Crippen LogP contribution in [0.5, 0.6) is 0 Å². The molecule has 0 atom stereocenters. The van der Waals surface area contributed by atoms with E-state index < -0.39 is 0 Å². The monoisotopic (exact) mass is 858 g/mol. The second-order valence-electron chi connectivity index (χ2n) is 17.2. The summed E-state index contributed by atoms with van der Waals surface area (Å²) in [5.41, 5.74) is 13.3. The van der Waals surface area contributed by atoms with Crippen LogP contribution in [0.1, 0.15) is 0 Å². The molecule has 11 aromatic carbocycles. The molecule has 0 fully saturated rings. The van der Waals surface area contributed by atoms with E-state index in [9.17, 15) is 0 Å². The maximum atomic E-state index is 6.62. The van der Waals surface area contributed by atoms with Crippen LogP contribution in [0.3, 0.4) is 0 Å². The molecule has 308 valence electrons. The fourth-order valence-electron chi connectivity index (χ4n) is 10.6. The average Bonchev–Trinajstić information content (AvgIpc) is 4.07. The van der Waals surface area contributed by atoms with Gasteiger partial charge in [-0.15, -0.1) is 11.3 Å². The molecular formula is C62H38N2OS. The van der Waals surface area contributed by atoms with Crippen molar-refractivity contribution in [3.63, 3.8) is 0 Å². The number of nitrogens with zero attached hydrogens (tertiary/aromatic N) is 2. The Bertz CT molecular complexity index is 4190. The molecule has 0 aliphatic heterocycles. The van der Waals surface area contributed by atoms with E-state index in [0.717, 1.165) is 55.8 Å². The Kier molecular flexibility index (Phi) is 8.15. The number of rotatable bonds is 6. The highest BCUT2D eigenvalue weighted by Crippen LogP contribution is 2.51. The van der Waals surface area contributed by atoms with Gasteiger partial charge in [-0.05, 0) is 93.5 Å². The van der Waals surface area contributed by atoms with Gasteiger partial charge in [-0.25, -0.2) is 0 Å². The zero-order chi connectivity index (χ0) is 43.3. The third kappa shape index (κ3) is 5.55. The minimum atomic E-state index is 0.897. The lowest BCUT2D eigenvalue weighted by Crippen LogP contribution is -2.11. The normalized spacial score (nSPS) is 11.9. The Labute approximate surface area is 384 Å². The van der Waals surface area contributed by atoms with Gasteiger partial charge in [0.15, 0.2) is 0 Å². The van der Waals surface area contributed by atoms with Gasteiger partial charge in [-0.2, -0.15) is 0 Å². The van der Waals surface area contributed by atoms with Gasteiger partial charge in [-0.1, -0.05) is 170 Å². The number of fused-ring (bicyclic) bond motifs is 12. The lowest BCUT2D eigenvalue weighted by atomic mass is 9.96. The third-order valence-electron chi connectivity index (χ3n) is 13.6. The average molecular weight is 859 g/mol. The van der Waals surface area contributed by atoms with Crippen molar-refractivity contribution in [2.45, 2.75) is 0 Å². The molecule has 3 aromatic heterocycles. The quantitative estimate of drug-likeness (QED) is 0.155. The molecule has 0 aliphatic rings. The Morgan fingerprint density at radius 2 is 1.03 bits per heavy atom. The first kappa shape index (κ1) is 37.0. The van der Waals surface area contributed by atoms with E-state index in [1.807, 2.05) is 17.4 Å². The Morgan fingerprint density at radius 3 is 1.83 bits per heavy atom. The number of aromatic nitrogens is 1. The minimum absolute atomic E-state index is 0.897. The summed E-state index contributed by atoms with van der Waals surface area (Å²) in [6.45, 7) is 0. The number of anilines is 3. The second-order valence-corrected chi connectivity index (χ2v) is 18.2. The van der Waals surface area contributed by atoms with Crippen LogP contribution in [0.2, 0.25) is 0 Å². The molecule has 3 heterocycles. The summed E-state index contributed by atoms with van der Waals surface area (Å²) in [7, 11) is 0. The van der Waals surface area contributed by atoms with Gasteiger partial charge in [0.1, 0.15) is 11.2 Å². The van der Waals surface area contributed by atoms with Crippen LogP contribution in [0, 0.1) is 0 Å². The summed E-state index contributed by atoms with van der Waals surface area (Å²) in [6, 6.07) is 84.0. The number of para-hydroxylation sites is 4. The molecule has 3 nitrogen and oxygen atoms in total. The molecule has 0 spiro atoms. The lowest BCUT2D eigenvalue weighted by molar-refractivity contribution is 0.670. The van der Waals surface area contributed by atoms with Gasteiger partial charge < -0.3 is 13.9 Å². The number of hydrogen-bond acceptors (Lipinski definition) is 3. The highest BCUT2D eigenvalue weighted by atomic mass is 32.1. The van der Waals surface area contributed by atoms with Gasteiger partial charge in [0.05, 0.1) is 22.4 Å². The summed E-state index contributed by atoms with van der Waals surface area (Å²) in [4.78, 5) is 2.51. The first-order valence-electron chi connectivity index (χ1n) is 22.5. The van der Waals surface area contributed by atoms with E-state index in [1.165, 1.54) is 74.6 Å². The Hall–Kier alpha value is -8.44. The fraction of sp³-hybridized carbons (Fsp3) is 0. The van der Waals surface area contributed by atoms with Crippen molar-refractivity contribution in [2.24, 2.45) is 0 Å². The molecule has 0 radical (unpaired) electrons. The van der Waals surface area contributed by atoms with Crippen LogP contribution in [0.15, 0.2) is 235 Å². The molecule has 0 N–H and O–H groups in total. The lowest BCUT2D eigenvalue weighted by Gasteiger charge is -2.29. The number of hydrogen-bond donors (Lipinski definition) is 0. The predicted octanol–water partition coefficient (Wildman–Crippen LogP) is 18.2. The molecule has 14 aromatic rings. The van der Waals surface area contributed by atoms with E-state index in [4.69, 9.17) is 4.42 Å². The van der Waals surface area contributed by atoms with Crippen molar-refractivity contribution in [2.75, 3.05) is 4.90 Å². The highest BCUT2D eigenvalue weighted by Gasteiger charge is 2.24. The van der Waals surface area contributed by atoms with Crippen molar-refractivity contribution in [3.05, 3.63) is 231 Å². The van der Waals surface area contributed by atoms with Crippen LogP contribution in [0.25, 0.3) is 113 Å². The first-order chi connectivity index (χ1) is 32.7. The van der Waals surface area contributed by atoms with Gasteiger partial charge in [0.25, 0.3) is 0 Å². The van der Waals surface area contributed by atoms with Crippen LogP contribution >= 0.6 is 11.3 Å². The van der Waals surface area contributed by atoms with Crippen LogP contribution in [-0.4, -0.2) is 4.57 Å². The molecule has 66 heavy (non-hydrogen) atoms. The SMILES string of the molecule is c1cc(-c2cccc3c2oc2ccccc23)cc(N(c2cc3ccccc3c3ccccc23)c2ccc(-c3ccc(-n4c5ccccc5c5ccccc54)cc3)c3sc4ccccc4c23)c1. The maximum Gasteiger partial charge on any atom is 0.143 e. The van der Waals surface area contributed by atoms with Crippen molar-refractivity contribution in [1.82, 2.24) is 4.57 Å². The zero-order valence-corrected chi connectivity index (χ0v) is 36.5. The van der Waals surface area contributed by atoms with E-state index in [-0.39, 0.29) is 0 Å². The number of benzene rings is 11. The first-order valence-corrected chi connectivity index (χ1v) is 23.3. The second kappa shape index (κ2) is 14.5. The molecule has 0 bridgehead atoms. The summed E-state index contributed by atoms with van der Waals surface area (Å²) in [6.07, 6.45) is 0. The highest BCUT2D eigenvalue weighted by molar-refractivity contribution is 7.26. The van der Waals surface area contributed by atoms with Crippen molar-refractivity contribution in [3.8, 4) is 27.9 Å². The van der Waals surface area contributed by atoms with Crippen LogP contribution in [0.4, 0.5) is 17.1 Å². The Morgan fingerprint density at radius 1 is 0.394 bits per heavy atom. The number of furan rings is 1. The predicted molar refractivity (Wildman–Crippen MR) is 282 cm³/mol. The van der Waals surface area contributed by atoms with E-state index in [2.05, 4.69) is 234 Å². The zero-order valence-electron chi connectivity index (χ0n) is 35.7. The van der Waals surface area contributed by atoms with Gasteiger partial charge in [0, 0.05) is 64.0 Å². The molecule has 0 saturated carbocycles. The van der Waals surface area contributed by atoms with Crippen molar-refractivity contribution < 1.29 is 4.42 Å². The van der Waals surface area contributed by atoms with Crippen molar-refractivity contribution in [1.29, 1.82) is 0 Å². The summed E-state index contributed by atoms with van der Waals surface area (Å²) < 4.78 is 11.5. The van der Waals surface area contributed by atoms with E-state index in [1.54, 1.807) is 0 Å². The van der Waals surface area contributed by atoms with Gasteiger partial charge >= 0.3 is 0 Å². The smallest absolute Gasteiger partial charge is 0.143 e. The minimum Gasteiger partial charge on any atom is -0.455 e. The van der Waals surface area contributed by atoms with Gasteiger partial charge in [-0.3, -0.25) is 0 Å². The summed E-state index contributed by atoms with van der Waals surface area (Å²) >= 11 is 1.88. The maximum absolute atomic E-state index is 6.62. The molecule has 4 heteroatoms. The van der Waals surface area contributed by atoms with Crippen LogP contribution < -0.4 is 4.90 Å². The summed E-state index contributed by atoms with van der Waals surface area (Å²) in [5.74, 6) is 0. The van der Waals surface area contributed by atoms with E-state index in [0.29, 0.717) is 0 Å². The summed E-state index contributed by atoms with van der Waals surface area (Å²) in [5, 5.41) is 12.1. The molecule has 14 rings (SSSR count). The molecular weight excluding hydrogens is 821 g/mol.